The highest BCUT2D eigenvalue weighted by molar-refractivity contribution is 5.02. The van der Waals surface area contributed by atoms with Gasteiger partial charge in [-0.05, 0) is 58.8 Å². The van der Waals surface area contributed by atoms with Gasteiger partial charge < -0.3 is 9.84 Å². The summed E-state index contributed by atoms with van der Waals surface area (Å²) in [6, 6.07) is 0. The third-order valence-electron chi connectivity index (χ3n) is 4.61. The van der Waals surface area contributed by atoms with Crippen molar-refractivity contribution >= 4 is 0 Å². The number of rotatable bonds is 4. The third-order valence-corrected chi connectivity index (χ3v) is 4.61. The number of hydrogen-bond donors (Lipinski definition) is 1. The van der Waals surface area contributed by atoms with E-state index in [9.17, 15) is 5.11 Å². The van der Waals surface area contributed by atoms with Gasteiger partial charge in [0.1, 0.15) is 0 Å². The molecule has 0 aromatic heterocycles. The molecule has 3 rings (SSSR count). The topological polar surface area (TPSA) is 29.5 Å². The highest BCUT2D eigenvalue weighted by Crippen LogP contribution is 2.51. The lowest BCUT2D eigenvalue weighted by atomic mass is 9.66. The van der Waals surface area contributed by atoms with Crippen LogP contribution in [0.15, 0.2) is 12.2 Å². The van der Waals surface area contributed by atoms with Gasteiger partial charge in [0.2, 0.25) is 0 Å². The Labute approximate surface area is 105 Å². The zero-order valence-corrected chi connectivity index (χ0v) is 11.5. The summed E-state index contributed by atoms with van der Waals surface area (Å²) in [5.41, 5.74) is 0.986. The molecule has 17 heavy (non-hydrogen) atoms. The molecule has 1 aliphatic carbocycles. The molecule has 2 nitrogen and oxygen atoms in total. The Balaban J connectivity index is 2.01. The second-order valence-electron chi connectivity index (χ2n) is 6.66. The van der Waals surface area contributed by atoms with E-state index >= 15 is 0 Å². The molecular formula is C15H26O2. The number of fused-ring (bicyclic) bond motifs is 3. The van der Waals surface area contributed by atoms with Crippen molar-refractivity contribution in [1.29, 1.82) is 0 Å². The van der Waals surface area contributed by atoms with Crippen molar-refractivity contribution in [1.82, 2.24) is 0 Å². The van der Waals surface area contributed by atoms with E-state index < -0.39 is 0 Å². The Morgan fingerprint density at radius 3 is 2.47 bits per heavy atom. The van der Waals surface area contributed by atoms with E-state index in [-0.39, 0.29) is 17.3 Å². The second-order valence-corrected chi connectivity index (χ2v) is 6.66. The molecule has 0 radical (unpaired) electrons. The van der Waals surface area contributed by atoms with Gasteiger partial charge in [-0.2, -0.15) is 0 Å². The van der Waals surface area contributed by atoms with Crippen LogP contribution >= 0.6 is 0 Å². The quantitative estimate of drug-likeness (QED) is 0.760. The Hall–Kier alpha value is -0.340. The number of aliphatic hydroxyl groups is 1. The Morgan fingerprint density at radius 1 is 1.41 bits per heavy atom. The second kappa shape index (κ2) is 4.40. The summed E-state index contributed by atoms with van der Waals surface area (Å²) in [5, 5.41) is 10.1. The van der Waals surface area contributed by atoms with Crippen molar-refractivity contribution < 1.29 is 9.84 Å². The van der Waals surface area contributed by atoms with Crippen LogP contribution in [0.2, 0.25) is 0 Å². The molecule has 2 heteroatoms. The van der Waals surface area contributed by atoms with Crippen LogP contribution in [-0.4, -0.2) is 22.4 Å². The van der Waals surface area contributed by atoms with Crippen LogP contribution in [0.1, 0.15) is 59.3 Å². The van der Waals surface area contributed by atoms with Crippen LogP contribution in [0, 0.1) is 5.92 Å². The maximum absolute atomic E-state index is 10.1. The molecule has 1 saturated carbocycles. The zero-order valence-electron chi connectivity index (χ0n) is 11.5. The number of ether oxygens (including phenoxy) is 1. The summed E-state index contributed by atoms with van der Waals surface area (Å²) in [4.78, 5) is 0. The van der Waals surface area contributed by atoms with E-state index in [1.807, 2.05) is 6.92 Å². The monoisotopic (exact) mass is 238 g/mol. The first-order valence-corrected chi connectivity index (χ1v) is 6.86. The molecule has 2 heterocycles. The van der Waals surface area contributed by atoms with Crippen molar-refractivity contribution in [3.8, 4) is 0 Å². The Kier molecular flexibility index (Phi) is 3.39. The fourth-order valence-electron chi connectivity index (χ4n) is 3.74. The van der Waals surface area contributed by atoms with Crippen molar-refractivity contribution in [2.45, 2.75) is 76.6 Å². The van der Waals surface area contributed by atoms with Crippen LogP contribution in [0.25, 0.3) is 0 Å². The van der Waals surface area contributed by atoms with E-state index in [2.05, 4.69) is 20.4 Å². The standard InChI is InChI=1S/C15H26O2/c1-11(2)9-13(16)10-15(4)12-5-7-14(3,17-15)8-6-12/h12-13,16H,1,5-10H2,2-4H3/t12?,13-,14?,15-/m0/s1. The van der Waals surface area contributed by atoms with Crippen LogP contribution in [0.4, 0.5) is 0 Å². The number of hydrogen-bond acceptors (Lipinski definition) is 2. The minimum atomic E-state index is -0.305. The van der Waals surface area contributed by atoms with Crippen molar-refractivity contribution in [3.63, 3.8) is 0 Å². The lowest BCUT2D eigenvalue weighted by Gasteiger charge is -2.56. The maximum atomic E-state index is 10.1. The molecule has 0 amide bonds. The van der Waals surface area contributed by atoms with Gasteiger partial charge in [0, 0.05) is 6.42 Å². The molecule has 98 valence electrons. The van der Waals surface area contributed by atoms with E-state index in [0.29, 0.717) is 12.3 Å². The summed E-state index contributed by atoms with van der Waals surface area (Å²) in [7, 11) is 0. The summed E-state index contributed by atoms with van der Waals surface area (Å²) in [6.45, 7) is 10.3. The van der Waals surface area contributed by atoms with E-state index in [0.717, 1.165) is 12.0 Å². The predicted molar refractivity (Wildman–Crippen MR) is 69.9 cm³/mol. The fraction of sp³-hybridized carbons (Fsp3) is 0.867. The summed E-state index contributed by atoms with van der Waals surface area (Å²) >= 11 is 0. The summed E-state index contributed by atoms with van der Waals surface area (Å²) < 4.78 is 6.32. The smallest absolute Gasteiger partial charge is 0.0714 e. The molecule has 2 aliphatic heterocycles. The SMILES string of the molecule is C=C(C)C[C@H](O)C[C@]1(C)OC2(C)CCC1CC2. The van der Waals surface area contributed by atoms with E-state index in [1.165, 1.54) is 25.7 Å². The van der Waals surface area contributed by atoms with Gasteiger partial charge in [-0.1, -0.05) is 5.57 Å². The molecule has 2 atom stereocenters. The lowest BCUT2D eigenvalue weighted by Crippen LogP contribution is -2.56. The molecular weight excluding hydrogens is 212 g/mol. The average Bonchev–Trinajstić information content (AvgIpc) is 2.14. The van der Waals surface area contributed by atoms with Gasteiger partial charge in [-0.15, -0.1) is 6.58 Å². The zero-order chi connectivity index (χ0) is 12.7. The summed E-state index contributed by atoms with van der Waals surface area (Å²) in [6.07, 6.45) is 6.02. The minimum Gasteiger partial charge on any atom is -0.393 e. The Bertz CT molecular complexity index is 302. The van der Waals surface area contributed by atoms with Crippen molar-refractivity contribution in [3.05, 3.63) is 12.2 Å². The van der Waals surface area contributed by atoms with Gasteiger partial charge >= 0.3 is 0 Å². The normalized spacial score (nSPS) is 42.5. The van der Waals surface area contributed by atoms with Crippen LogP contribution in [0.3, 0.4) is 0 Å². The molecule has 2 saturated heterocycles. The summed E-state index contributed by atoms with van der Waals surface area (Å²) in [5.74, 6) is 0.629. The highest BCUT2D eigenvalue weighted by atomic mass is 16.5. The van der Waals surface area contributed by atoms with Crippen molar-refractivity contribution in [2.24, 2.45) is 5.92 Å². The Morgan fingerprint density at radius 2 is 2.00 bits per heavy atom. The molecule has 0 aromatic carbocycles. The molecule has 0 unspecified atom stereocenters. The van der Waals surface area contributed by atoms with Crippen LogP contribution in [0.5, 0.6) is 0 Å². The third kappa shape index (κ3) is 2.74. The van der Waals surface area contributed by atoms with Gasteiger partial charge in [0.25, 0.3) is 0 Å². The molecule has 1 N–H and O–H groups in total. The maximum Gasteiger partial charge on any atom is 0.0714 e. The molecule has 2 bridgehead atoms. The van der Waals surface area contributed by atoms with E-state index in [1.54, 1.807) is 0 Å². The van der Waals surface area contributed by atoms with E-state index in [4.69, 9.17) is 4.74 Å². The van der Waals surface area contributed by atoms with Gasteiger partial charge in [-0.25, -0.2) is 0 Å². The molecule has 3 fully saturated rings. The van der Waals surface area contributed by atoms with Gasteiger partial charge in [0.15, 0.2) is 0 Å². The van der Waals surface area contributed by atoms with Crippen LogP contribution in [-0.2, 0) is 4.74 Å². The lowest BCUT2D eigenvalue weighted by molar-refractivity contribution is -0.247. The minimum absolute atomic E-state index is 0.0619. The first-order valence-electron chi connectivity index (χ1n) is 6.86. The van der Waals surface area contributed by atoms with Gasteiger partial charge in [-0.3, -0.25) is 0 Å². The molecule has 0 aromatic rings. The molecule has 0 spiro atoms. The molecule has 3 aliphatic rings. The first kappa shape index (κ1) is 13.1. The largest absolute Gasteiger partial charge is 0.393 e. The van der Waals surface area contributed by atoms with Crippen molar-refractivity contribution in [2.75, 3.05) is 0 Å². The number of aliphatic hydroxyl groups excluding tert-OH is 1. The van der Waals surface area contributed by atoms with Crippen LogP contribution < -0.4 is 0 Å². The predicted octanol–water partition coefficient (Wildman–Crippen LogP) is 3.44. The first-order chi connectivity index (χ1) is 7.83. The fourth-order valence-corrected chi connectivity index (χ4v) is 3.74. The average molecular weight is 238 g/mol. The highest BCUT2D eigenvalue weighted by Gasteiger charge is 2.51. The van der Waals surface area contributed by atoms with Gasteiger partial charge in [0.05, 0.1) is 17.3 Å².